The highest BCUT2D eigenvalue weighted by atomic mass is 19.1. The molecule has 1 aliphatic carbocycles. The molecule has 14 heavy (non-hydrogen) atoms. The van der Waals surface area contributed by atoms with Gasteiger partial charge in [-0.2, -0.15) is 0 Å². The second kappa shape index (κ2) is 4.28. The van der Waals surface area contributed by atoms with Crippen molar-refractivity contribution < 1.29 is 9.18 Å². The summed E-state index contributed by atoms with van der Waals surface area (Å²) in [7, 11) is 0. The maximum atomic E-state index is 14.2. The lowest BCUT2D eigenvalue weighted by Crippen LogP contribution is -2.45. The Kier molecular flexibility index (Phi) is 3.51. The Morgan fingerprint density at radius 1 is 1.64 bits per heavy atom. The van der Waals surface area contributed by atoms with E-state index in [4.69, 9.17) is 5.73 Å². The van der Waals surface area contributed by atoms with Gasteiger partial charge in [0.25, 0.3) is 5.91 Å². The number of hydrogen-bond acceptors (Lipinski definition) is 1. The van der Waals surface area contributed by atoms with Crippen LogP contribution >= 0.6 is 0 Å². The summed E-state index contributed by atoms with van der Waals surface area (Å²) in [4.78, 5) is 11.1. The summed E-state index contributed by atoms with van der Waals surface area (Å²) in [5, 5.41) is 0. The molecule has 2 atom stereocenters. The lowest BCUT2D eigenvalue weighted by Gasteiger charge is -2.27. The van der Waals surface area contributed by atoms with Gasteiger partial charge in [-0.15, -0.1) is 0 Å². The summed E-state index contributed by atoms with van der Waals surface area (Å²) >= 11 is 0. The van der Waals surface area contributed by atoms with Crippen LogP contribution in [-0.2, 0) is 4.79 Å². The third-order valence-corrected chi connectivity index (χ3v) is 3.42. The molecule has 0 radical (unpaired) electrons. The van der Waals surface area contributed by atoms with Crippen molar-refractivity contribution in [3.63, 3.8) is 0 Å². The van der Waals surface area contributed by atoms with Crippen LogP contribution < -0.4 is 5.73 Å². The van der Waals surface area contributed by atoms with Crippen LogP contribution in [0.4, 0.5) is 4.39 Å². The molecule has 1 saturated carbocycles. The molecule has 1 rings (SSSR count). The molecule has 1 amide bonds. The molecule has 0 aromatic heterocycles. The Bertz CT molecular complexity index is 215. The SMILES string of the molecule is CCC(C)C(F)(CCC1CC1)C(N)=O. The van der Waals surface area contributed by atoms with Gasteiger partial charge < -0.3 is 5.73 Å². The maximum absolute atomic E-state index is 14.2. The van der Waals surface area contributed by atoms with Crippen LogP contribution in [0.5, 0.6) is 0 Å². The van der Waals surface area contributed by atoms with E-state index in [9.17, 15) is 9.18 Å². The first-order chi connectivity index (χ1) is 6.50. The molecule has 2 unspecified atom stereocenters. The fourth-order valence-electron chi connectivity index (χ4n) is 1.76. The number of primary amides is 1. The minimum atomic E-state index is -1.78. The molecule has 0 aromatic carbocycles. The summed E-state index contributed by atoms with van der Waals surface area (Å²) in [5.41, 5.74) is 3.36. The van der Waals surface area contributed by atoms with Crippen molar-refractivity contribution in [1.29, 1.82) is 0 Å². The van der Waals surface area contributed by atoms with Crippen LogP contribution in [0.1, 0.15) is 46.0 Å². The molecule has 3 heteroatoms. The number of halogens is 1. The van der Waals surface area contributed by atoms with Crippen molar-refractivity contribution in [3.05, 3.63) is 0 Å². The van der Waals surface area contributed by atoms with E-state index in [0.29, 0.717) is 18.8 Å². The van der Waals surface area contributed by atoms with Gasteiger partial charge in [0.2, 0.25) is 0 Å². The molecule has 0 aliphatic heterocycles. The van der Waals surface area contributed by atoms with Crippen LogP contribution in [0.3, 0.4) is 0 Å². The van der Waals surface area contributed by atoms with Crippen molar-refractivity contribution in [1.82, 2.24) is 0 Å². The highest BCUT2D eigenvalue weighted by Gasteiger charge is 2.42. The van der Waals surface area contributed by atoms with Crippen LogP contribution in [0, 0.1) is 11.8 Å². The average molecular weight is 201 g/mol. The molecule has 1 fully saturated rings. The molecule has 0 heterocycles. The smallest absolute Gasteiger partial charge is 0.255 e. The van der Waals surface area contributed by atoms with Crippen molar-refractivity contribution in [3.8, 4) is 0 Å². The van der Waals surface area contributed by atoms with Crippen molar-refractivity contribution in [2.24, 2.45) is 17.6 Å². The van der Waals surface area contributed by atoms with E-state index in [0.717, 1.165) is 6.42 Å². The topological polar surface area (TPSA) is 43.1 Å². The molecule has 0 saturated heterocycles. The summed E-state index contributed by atoms with van der Waals surface area (Å²) in [6.07, 6.45) is 4.15. The van der Waals surface area contributed by atoms with Gasteiger partial charge in [0, 0.05) is 0 Å². The summed E-state index contributed by atoms with van der Waals surface area (Å²) in [6.45, 7) is 3.65. The van der Waals surface area contributed by atoms with E-state index in [2.05, 4.69) is 0 Å². The van der Waals surface area contributed by atoms with Crippen LogP contribution in [0.25, 0.3) is 0 Å². The summed E-state index contributed by atoms with van der Waals surface area (Å²) in [5.74, 6) is -0.403. The van der Waals surface area contributed by atoms with Crippen LogP contribution in [0.15, 0.2) is 0 Å². The van der Waals surface area contributed by atoms with Crippen molar-refractivity contribution >= 4 is 5.91 Å². The van der Waals surface area contributed by atoms with E-state index in [1.165, 1.54) is 12.8 Å². The van der Waals surface area contributed by atoms with Crippen LogP contribution in [0.2, 0.25) is 0 Å². The third-order valence-electron chi connectivity index (χ3n) is 3.42. The van der Waals surface area contributed by atoms with E-state index in [1.807, 2.05) is 6.92 Å². The predicted molar refractivity (Wildman–Crippen MR) is 54.4 cm³/mol. The fourth-order valence-corrected chi connectivity index (χ4v) is 1.76. The number of alkyl halides is 1. The largest absolute Gasteiger partial charge is 0.367 e. The van der Waals surface area contributed by atoms with Gasteiger partial charge in [-0.05, 0) is 31.1 Å². The second-order valence-electron chi connectivity index (χ2n) is 4.52. The summed E-state index contributed by atoms with van der Waals surface area (Å²) in [6, 6.07) is 0. The van der Waals surface area contributed by atoms with E-state index in [-0.39, 0.29) is 5.92 Å². The number of rotatable bonds is 6. The molecular weight excluding hydrogens is 181 g/mol. The van der Waals surface area contributed by atoms with Gasteiger partial charge in [-0.1, -0.05) is 26.7 Å². The second-order valence-corrected chi connectivity index (χ2v) is 4.52. The lowest BCUT2D eigenvalue weighted by atomic mass is 9.83. The Morgan fingerprint density at radius 2 is 2.21 bits per heavy atom. The van der Waals surface area contributed by atoms with Gasteiger partial charge in [0.15, 0.2) is 5.67 Å². The normalized spacial score (nSPS) is 22.8. The lowest BCUT2D eigenvalue weighted by molar-refractivity contribution is -0.133. The highest BCUT2D eigenvalue weighted by Crippen LogP contribution is 2.38. The number of amides is 1. The van der Waals surface area contributed by atoms with Gasteiger partial charge in [0.1, 0.15) is 0 Å². The molecule has 0 aromatic rings. The van der Waals surface area contributed by atoms with Crippen molar-refractivity contribution in [2.45, 2.75) is 51.6 Å². The van der Waals surface area contributed by atoms with E-state index in [1.54, 1.807) is 6.92 Å². The maximum Gasteiger partial charge on any atom is 0.255 e. The van der Waals surface area contributed by atoms with Gasteiger partial charge in [-0.3, -0.25) is 4.79 Å². The molecule has 82 valence electrons. The van der Waals surface area contributed by atoms with Gasteiger partial charge in [-0.25, -0.2) is 4.39 Å². The first kappa shape index (κ1) is 11.5. The molecule has 2 N–H and O–H groups in total. The average Bonchev–Trinajstić information content (AvgIpc) is 2.95. The Hall–Kier alpha value is -0.600. The predicted octanol–water partition coefficient (Wildman–Crippen LogP) is 2.42. The first-order valence-corrected chi connectivity index (χ1v) is 5.49. The molecule has 2 nitrogen and oxygen atoms in total. The quantitative estimate of drug-likeness (QED) is 0.704. The Morgan fingerprint density at radius 3 is 2.57 bits per heavy atom. The molecule has 0 spiro atoms. The number of carbonyl (C=O) groups is 1. The Labute approximate surface area is 85.0 Å². The number of nitrogens with two attached hydrogens (primary N) is 1. The number of hydrogen-bond donors (Lipinski definition) is 1. The molecular formula is C11H20FNO. The number of carbonyl (C=O) groups excluding carboxylic acids is 1. The Balaban J connectivity index is 2.54. The van der Waals surface area contributed by atoms with E-state index >= 15 is 0 Å². The van der Waals surface area contributed by atoms with Gasteiger partial charge >= 0.3 is 0 Å². The highest BCUT2D eigenvalue weighted by molar-refractivity contribution is 5.83. The molecule has 0 bridgehead atoms. The van der Waals surface area contributed by atoms with E-state index < -0.39 is 11.6 Å². The van der Waals surface area contributed by atoms with Crippen molar-refractivity contribution in [2.75, 3.05) is 0 Å². The molecule has 1 aliphatic rings. The zero-order chi connectivity index (χ0) is 10.8. The first-order valence-electron chi connectivity index (χ1n) is 5.49. The third kappa shape index (κ3) is 2.46. The summed E-state index contributed by atoms with van der Waals surface area (Å²) < 4.78 is 14.2. The monoisotopic (exact) mass is 201 g/mol. The zero-order valence-electron chi connectivity index (χ0n) is 9.05. The standard InChI is InChI=1S/C11H20FNO/c1-3-8(2)11(12,10(13)14)7-6-9-4-5-9/h8-9H,3-7H2,1-2H3,(H2,13,14). The minimum Gasteiger partial charge on any atom is -0.367 e. The fraction of sp³-hybridized carbons (Fsp3) is 0.909. The van der Waals surface area contributed by atoms with Crippen LogP contribution in [-0.4, -0.2) is 11.6 Å². The zero-order valence-corrected chi connectivity index (χ0v) is 9.05. The minimum absolute atomic E-state index is 0.265. The van der Waals surface area contributed by atoms with Gasteiger partial charge in [0.05, 0.1) is 0 Å².